The van der Waals surface area contributed by atoms with Gasteiger partial charge in [0.05, 0.1) is 18.9 Å². The van der Waals surface area contributed by atoms with Gasteiger partial charge in [-0.2, -0.15) is 5.09 Å². The zero-order chi connectivity index (χ0) is 20.0. The number of aromatic nitrogens is 1. The summed E-state index contributed by atoms with van der Waals surface area (Å²) in [5.74, 6) is -1.20. The minimum Gasteiger partial charge on any atom is -0.506 e. The summed E-state index contributed by atoms with van der Waals surface area (Å²) in [6.07, 6.45) is 1.37. The summed E-state index contributed by atoms with van der Waals surface area (Å²) in [6, 6.07) is 6.93. The minimum absolute atomic E-state index is 0.181. The molecule has 0 aliphatic heterocycles. The van der Waals surface area contributed by atoms with Crippen molar-refractivity contribution < 1.29 is 33.7 Å². The van der Waals surface area contributed by atoms with Gasteiger partial charge in [-0.15, -0.1) is 0 Å². The van der Waals surface area contributed by atoms with Crippen LogP contribution in [0.4, 0.5) is 0 Å². The Morgan fingerprint density at radius 3 is 2.59 bits per heavy atom. The third-order valence-corrected chi connectivity index (χ3v) is 5.29. The van der Waals surface area contributed by atoms with Crippen molar-refractivity contribution in [3.05, 3.63) is 53.3 Å². The van der Waals surface area contributed by atoms with Gasteiger partial charge in [0.15, 0.2) is 0 Å². The number of carboxylic acids is 1. The van der Waals surface area contributed by atoms with Crippen LogP contribution in [0.1, 0.15) is 23.7 Å². The molecule has 0 radical (unpaired) electrons. The van der Waals surface area contributed by atoms with E-state index in [1.165, 1.54) is 13.1 Å². The predicted octanol–water partition coefficient (Wildman–Crippen LogP) is 2.35. The summed E-state index contributed by atoms with van der Waals surface area (Å²) in [5, 5.41) is 30.9. The molecule has 2 aromatic rings. The maximum absolute atomic E-state index is 13.1. The maximum Gasteiger partial charge on any atom is 0.459 e. The van der Waals surface area contributed by atoms with Gasteiger partial charge in [-0.25, -0.2) is 4.57 Å². The molecule has 10 heteroatoms. The van der Waals surface area contributed by atoms with Crippen LogP contribution in [-0.2, 0) is 27.1 Å². The first kappa shape index (κ1) is 20.9. The number of para-hydroxylation sites is 1. The highest BCUT2D eigenvalue weighted by molar-refractivity contribution is 7.52. The number of rotatable bonds is 9. The van der Waals surface area contributed by atoms with Crippen molar-refractivity contribution in [3.63, 3.8) is 0 Å². The largest absolute Gasteiger partial charge is 0.506 e. The second-order valence-corrected chi connectivity index (χ2v) is 7.41. The van der Waals surface area contributed by atoms with E-state index in [1.54, 1.807) is 37.3 Å². The number of benzene rings is 1. The highest BCUT2D eigenvalue weighted by atomic mass is 31.2. The molecule has 146 valence electrons. The molecule has 1 aromatic heterocycles. The zero-order valence-corrected chi connectivity index (χ0v) is 15.7. The van der Waals surface area contributed by atoms with Crippen LogP contribution in [0, 0.1) is 6.92 Å². The SMILES string of the molecule is Cc1ncc(COP(=O)(N[C@@H](C)C(=O)O)Oc2ccccc2)c(CO)c1O. The molecule has 1 unspecified atom stereocenters. The van der Waals surface area contributed by atoms with Crippen molar-refractivity contribution in [2.75, 3.05) is 0 Å². The summed E-state index contributed by atoms with van der Waals surface area (Å²) in [6.45, 7) is 2.06. The monoisotopic (exact) mass is 396 g/mol. The van der Waals surface area contributed by atoms with Gasteiger partial charge in [0.1, 0.15) is 17.5 Å². The molecule has 27 heavy (non-hydrogen) atoms. The number of hydrogen-bond acceptors (Lipinski definition) is 7. The molecule has 9 nitrogen and oxygen atoms in total. The van der Waals surface area contributed by atoms with Crippen LogP contribution in [0.15, 0.2) is 36.5 Å². The number of aliphatic hydroxyl groups excluding tert-OH is 1. The summed E-state index contributed by atoms with van der Waals surface area (Å²) < 4.78 is 23.8. The van der Waals surface area contributed by atoms with E-state index in [2.05, 4.69) is 10.1 Å². The lowest BCUT2D eigenvalue weighted by molar-refractivity contribution is -0.138. The second kappa shape index (κ2) is 8.96. The van der Waals surface area contributed by atoms with E-state index in [4.69, 9.17) is 14.2 Å². The fraction of sp³-hybridized carbons (Fsp3) is 0.294. The van der Waals surface area contributed by atoms with Crippen molar-refractivity contribution in [2.24, 2.45) is 0 Å². The minimum atomic E-state index is -4.10. The molecule has 0 spiro atoms. The molecule has 0 bridgehead atoms. The van der Waals surface area contributed by atoms with E-state index in [9.17, 15) is 19.6 Å². The summed E-state index contributed by atoms with van der Waals surface area (Å²) in [5.41, 5.74) is 0.798. The lowest BCUT2D eigenvalue weighted by atomic mass is 10.1. The first-order chi connectivity index (χ1) is 12.8. The Morgan fingerprint density at radius 1 is 1.33 bits per heavy atom. The summed E-state index contributed by atoms with van der Waals surface area (Å²) >= 11 is 0. The number of nitrogens with one attached hydrogen (secondary N) is 1. The molecule has 0 aliphatic carbocycles. The number of hydrogen-bond donors (Lipinski definition) is 4. The van der Waals surface area contributed by atoms with Gasteiger partial charge in [-0.1, -0.05) is 18.2 Å². The number of aryl methyl sites for hydroxylation is 1. The topological polar surface area (TPSA) is 138 Å². The van der Waals surface area contributed by atoms with Crippen LogP contribution in [0.5, 0.6) is 11.5 Å². The van der Waals surface area contributed by atoms with Gasteiger partial charge in [-0.05, 0) is 26.0 Å². The Balaban J connectivity index is 2.25. The molecule has 0 aliphatic rings. The Kier molecular flexibility index (Phi) is 6.92. The Hall–Kier alpha value is -2.45. The normalized spacial score (nSPS) is 14.3. The van der Waals surface area contributed by atoms with Crippen molar-refractivity contribution in [1.82, 2.24) is 10.1 Å². The number of pyridine rings is 1. The molecule has 0 saturated carbocycles. The first-order valence-electron chi connectivity index (χ1n) is 8.02. The van der Waals surface area contributed by atoms with Gasteiger partial charge in [0.2, 0.25) is 0 Å². The van der Waals surface area contributed by atoms with Crippen LogP contribution >= 0.6 is 7.75 Å². The highest BCUT2D eigenvalue weighted by Crippen LogP contribution is 2.46. The molecule has 2 rings (SSSR count). The Bertz CT molecular complexity index is 845. The van der Waals surface area contributed by atoms with Crippen molar-refractivity contribution >= 4 is 13.7 Å². The third kappa shape index (κ3) is 5.51. The van der Waals surface area contributed by atoms with Crippen LogP contribution < -0.4 is 9.61 Å². The lowest BCUT2D eigenvalue weighted by Gasteiger charge is -2.22. The zero-order valence-electron chi connectivity index (χ0n) is 14.8. The highest BCUT2D eigenvalue weighted by Gasteiger charge is 2.32. The van der Waals surface area contributed by atoms with Crippen LogP contribution in [0.3, 0.4) is 0 Å². The molecule has 0 fully saturated rings. The van der Waals surface area contributed by atoms with Crippen molar-refractivity contribution in [2.45, 2.75) is 33.1 Å². The van der Waals surface area contributed by atoms with Crippen molar-refractivity contribution in [3.8, 4) is 11.5 Å². The van der Waals surface area contributed by atoms with E-state index in [0.717, 1.165) is 0 Å². The molecule has 2 atom stereocenters. The average molecular weight is 396 g/mol. The molecule has 0 saturated heterocycles. The van der Waals surface area contributed by atoms with E-state index in [0.29, 0.717) is 11.3 Å². The number of carboxylic acid groups (broad SMARTS) is 1. The number of aliphatic hydroxyl groups is 1. The van der Waals surface area contributed by atoms with Gasteiger partial charge >= 0.3 is 13.7 Å². The quantitative estimate of drug-likeness (QED) is 0.470. The molecular weight excluding hydrogens is 375 g/mol. The Morgan fingerprint density at radius 2 is 2.00 bits per heavy atom. The van der Waals surface area contributed by atoms with Gasteiger partial charge < -0.3 is 19.8 Å². The second-order valence-electron chi connectivity index (χ2n) is 5.72. The Labute approximate surface area is 156 Å². The third-order valence-electron chi connectivity index (χ3n) is 3.67. The maximum atomic E-state index is 13.1. The lowest BCUT2D eigenvalue weighted by Crippen LogP contribution is -2.33. The number of carbonyl (C=O) groups is 1. The molecule has 0 amide bonds. The van der Waals surface area contributed by atoms with Gasteiger partial charge in [0.25, 0.3) is 0 Å². The average Bonchev–Trinajstić information content (AvgIpc) is 2.63. The smallest absolute Gasteiger partial charge is 0.459 e. The fourth-order valence-electron chi connectivity index (χ4n) is 2.14. The fourth-order valence-corrected chi connectivity index (χ4v) is 3.62. The molecule has 4 N–H and O–H groups in total. The van der Waals surface area contributed by atoms with Crippen LogP contribution in [-0.4, -0.2) is 32.3 Å². The summed E-state index contributed by atoms with van der Waals surface area (Å²) in [4.78, 5) is 15.1. The van der Waals surface area contributed by atoms with Crippen molar-refractivity contribution in [1.29, 1.82) is 0 Å². The van der Waals surface area contributed by atoms with Gasteiger partial charge in [0, 0.05) is 17.3 Å². The number of aliphatic carboxylic acids is 1. The standard InChI is InChI=1S/C17H21N2O7P/c1-11-16(21)15(9-20)13(8-18-11)10-25-27(24,19-12(2)17(22)23)26-14-6-4-3-5-7-14/h3-8,12,20-21H,9-10H2,1-2H3,(H,19,24)(H,22,23)/t12-,27?/m0/s1. The van der Waals surface area contributed by atoms with Gasteiger partial charge in [-0.3, -0.25) is 14.3 Å². The molecule has 1 aromatic carbocycles. The number of nitrogens with zero attached hydrogens (tertiary/aromatic N) is 1. The summed E-state index contributed by atoms with van der Waals surface area (Å²) in [7, 11) is -4.10. The van der Waals surface area contributed by atoms with E-state index >= 15 is 0 Å². The van der Waals surface area contributed by atoms with E-state index in [1.807, 2.05) is 0 Å². The molecule has 1 heterocycles. The molecular formula is C17H21N2O7P. The first-order valence-corrected chi connectivity index (χ1v) is 9.57. The van der Waals surface area contributed by atoms with E-state index in [-0.39, 0.29) is 23.7 Å². The van der Waals surface area contributed by atoms with Crippen LogP contribution in [0.25, 0.3) is 0 Å². The van der Waals surface area contributed by atoms with Crippen LogP contribution in [0.2, 0.25) is 0 Å². The predicted molar refractivity (Wildman–Crippen MR) is 96.3 cm³/mol. The van der Waals surface area contributed by atoms with E-state index < -0.39 is 26.4 Å². The number of aromatic hydroxyl groups is 1.